The van der Waals surface area contributed by atoms with E-state index in [2.05, 4.69) is 10.6 Å². The molecule has 0 aliphatic carbocycles. The quantitative estimate of drug-likeness (QED) is 0.0751. The molecule has 3 saturated heterocycles. The van der Waals surface area contributed by atoms with Crippen LogP contribution >= 0.6 is 0 Å². The van der Waals surface area contributed by atoms with E-state index in [9.17, 15) is 70.9 Å². The zero-order valence-corrected chi connectivity index (χ0v) is 25.7. The molecule has 3 heterocycles. The first-order valence-corrected chi connectivity index (χ1v) is 14.9. The molecule has 3 aliphatic rings. The fraction of sp³-hybridized carbons (Fsp3) is 0.923. The van der Waals surface area contributed by atoms with Crippen molar-refractivity contribution in [2.45, 2.75) is 105 Å². The molecule has 15 atom stereocenters. The van der Waals surface area contributed by atoms with Crippen LogP contribution in [0.15, 0.2) is 0 Å². The van der Waals surface area contributed by atoms with Gasteiger partial charge in [0, 0.05) is 6.92 Å². The highest BCUT2D eigenvalue weighted by Gasteiger charge is 2.49. The number of nitrogens with one attached hydrogen (secondary N) is 2. The van der Waals surface area contributed by atoms with Gasteiger partial charge < -0.3 is 100 Å². The summed E-state index contributed by atoms with van der Waals surface area (Å²) in [5.41, 5.74) is -2.08. The monoisotopic (exact) mass is 706 g/mol. The van der Waals surface area contributed by atoms with Gasteiger partial charge in [0.2, 0.25) is 11.8 Å². The summed E-state index contributed by atoms with van der Waals surface area (Å²) in [5.74, 6) is -1.54. The number of rotatable bonds is 15. The van der Waals surface area contributed by atoms with Crippen molar-refractivity contribution in [2.75, 3.05) is 46.2 Å². The first-order chi connectivity index (χ1) is 22.6. The Morgan fingerprint density at radius 2 is 0.875 bits per heavy atom. The van der Waals surface area contributed by atoms with Crippen LogP contribution in [-0.4, -0.2) is 217 Å². The van der Waals surface area contributed by atoms with E-state index in [4.69, 9.17) is 28.4 Å². The van der Waals surface area contributed by atoms with Crippen LogP contribution < -0.4 is 10.6 Å². The Morgan fingerprint density at radius 3 is 1.15 bits per heavy atom. The van der Waals surface area contributed by atoms with Crippen LogP contribution in [0.1, 0.15) is 6.92 Å². The molecule has 3 rings (SSSR count). The second kappa shape index (κ2) is 17.9. The van der Waals surface area contributed by atoms with Crippen molar-refractivity contribution >= 4 is 11.8 Å². The van der Waals surface area contributed by atoms with E-state index >= 15 is 0 Å². The Bertz CT molecular complexity index is 924. The van der Waals surface area contributed by atoms with Gasteiger partial charge in [0.25, 0.3) is 0 Å². The fourth-order valence-corrected chi connectivity index (χ4v) is 5.12. The summed E-state index contributed by atoms with van der Waals surface area (Å²) in [6.07, 6.45) is -26.2. The normalized spacial score (nSPS) is 41.7. The van der Waals surface area contributed by atoms with Crippen molar-refractivity contribution in [3.05, 3.63) is 0 Å². The van der Waals surface area contributed by atoms with E-state index in [1.807, 2.05) is 0 Å². The lowest BCUT2D eigenvalue weighted by Gasteiger charge is -2.44. The molecule has 48 heavy (non-hydrogen) atoms. The van der Waals surface area contributed by atoms with Crippen molar-refractivity contribution in [1.29, 1.82) is 0 Å². The topological polar surface area (TPSA) is 356 Å². The highest BCUT2D eigenvalue weighted by Crippen LogP contribution is 2.27. The molecule has 0 aromatic rings. The standard InChI is InChI=1S/C26H46N2O20/c1-9(32)27-2-13(33)28-26(6-43-23-20(40)17(37)14(34)10(3-29)46-23,7-44-24-21(41)18(38)15(35)11(4-30)47-24)8-45-25-22(42)19(39)16(36)12(5-31)48-25/h10-12,14-25,29-31,34-42H,2-8H2,1H3,(H,27,32)(H,28,33)/t10?,11?,12?,14-,15-,16-,17-,18-,19-,20?,21?,22?,23+,24+,25+,26?/m0/s1. The second-order valence-electron chi connectivity index (χ2n) is 11.8. The van der Waals surface area contributed by atoms with E-state index in [1.54, 1.807) is 0 Å². The molecule has 0 radical (unpaired) electrons. The third-order valence-corrected chi connectivity index (χ3v) is 8.02. The van der Waals surface area contributed by atoms with Gasteiger partial charge in [0.1, 0.15) is 78.8 Å². The molecule has 0 saturated carbocycles. The molecule has 0 spiro atoms. The van der Waals surface area contributed by atoms with Crippen molar-refractivity contribution in [3.63, 3.8) is 0 Å². The maximum atomic E-state index is 13.0. The molecular weight excluding hydrogens is 660 g/mol. The fourth-order valence-electron chi connectivity index (χ4n) is 5.12. The summed E-state index contributed by atoms with van der Waals surface area (Å²) in [4.78, 5) is 24.5. The van der Waals surface area contributed by atoms with Crippen molar-refractivity contribution in [1.82, 2.24) is 10.6 Å². The Balaban J connectivity index is 1.94. The zero-order chi connectivity index (χ0) is 35.9. The van der Waals surface area contributed by atoms with Crippen molar-refractivity contribution in [3.8, 4) is 0 Å². The van der Waals surface area contributed by atoms with Gasteiger partial charge in [0.05, 0.1) is 46.2 Å². The summed E-state index contributed by atoms with van der Waals surface area (Å²) >= 11 is 0. The number of hydrogen-bond acceptors (Lipinski definition) is 20. The Labute approximate surface area is 272 Å². The van der Waals surface area contributed by atoms with Gasteiger partial charge >= 0.3 is 0 Å². The minimum absolute atomic E-state index is 0.608. The Kier molecular flexibility index (Phi) is 15.2. The van der Waals surface area contributed by atoms with E-state index < -0.39 is 156 Å². The molecule has 14 N–H and O–H groups in total. The van der Waals surface area contributed by atoms with Crippen LogP contribution in [0.2, 0.25) is 0 Å². The maximum absolute atomic E-state index is 13.0. The molecule has 0 aromatic carbocycles. The third kappa shape index (κ3) is 9.71. The minimum atomic E-state index is -2.08. The number of aliphatic hydroxyl groups excluding tert-OH is 12. The lowest BCUT2D eigenvalue weighted by molar-refractivity contribution is -0.324. The lowest BCUT2D eigenvalue weighted by Crippen LogP contribution is -2.66. The molecule has 3 fully saturated rings. The summed E-state index contributed by atoms with van der Waals surface area (Å²) < 4.78 is 33.0. The smallest absolute Gasteiger partial charge is 0.240 e. The predicted molar refractivity (Wildman–Crippen MR) is 149 cm³/mol. The molecule has 2 amide bonds. The highest BCUT2D eigenvalue weighted by atomic mass is 16.7. The molecule has 0 aromatic heterocycles. The Morgan fingerprint density at radius 1 is 0.562 bits per heavy atom. The summed E-state index contributed by atoms with van der Waals surface area (Å²) in [6.45, 7) is -4.48. The summed E-state index contributed by atoms with van der Waals surface area (Å²) in [6, 6.07) is 0. The summed E-state index contributed by atoms with van der Waals surface area (Å²) in [5, 5.41) is 126. The average Bonchev–Trinajstić information content (AvgIpc) is 3.06. The van der Waals surface area contributed by atoms with Gasteiger partial charge in [-0.2, -0.15) is 0 Å². The van der Waals surface area contributed by atoms with Gasteiger partial charge in [-0.05, 0) is 0 Å². The second-order valence-corrected chi connectivity index (χ2v) is 11.8. The van der Waals surface area contributed by atoms with Gasteiger partial charge in [-0.3, -0.25) is 9.59 Å². The molecule has 22 heteroatoms. The molecule has 280 valence electrons. The summed E-state index contributed by atoms with van der Waals surface area (Å²) in [7, 11) is 0. The van der Waals surface area contributed by atoms with Crippen LogP contribution in [-0.2, 0) is 38.0 Å². The maximum Gasteiger partial charge on any atom is 0.240 e. The number of carbonyl (C=O) groups is 2. The molecule has 3 aliphatic heterocycles. The number of ether oxygens (including phenoxy) is 6. The van der Waals surface area contributed by atoms with Crippen LogP contribution in [0.4, 0.5) is 0 Å². The van der Waals surface area contributed by atoms with E-state index in [0.717, 1.165) is 6.92 Å². The van der Waals surface area contributed by atoms with Gasteiger partial charge in [-0.15, -0.1) is 0 Å². The average molecular weight is 707 g/mol. The SMILES string of the molecule is CC(=O)NCC(=O)NC(CO[C@@H]1OC(CO)[C@H](O)[C@H](O)C1O)(CO[C@@H]1OC(CO)[C@H](O)[C@H](O)C1O)CO[C@@H]1OC(CO)[C@H](O)[C@H](O)C1O. The van der Waals surface area contributed by atoms with Crippen molar-refractivity contribution < 1.29 is 99.3 Å². The van der Waals surface area contributed by atoms with E-state index in [-0.39, 0.29) is 0 Å². The molecular formula is C26H46N2O20. The third-order valence-electron chi connectivity index (χ3n) is 8.02. The molecule has 6 unspecified atom stereocenters. The van der Waals surface area contributed by atoms with Crippen LogP contribution in [0.25, 0.3) is 0 Å². The largest absolute Gasteiger partial charge is 0.394 e. The van der Waals surface area contributed by atoms with E-state index in [1.165, 1.54) is 0 Å². The van der Waals surface area contributed by atoms with Gasteiger partial charge in [-0.1, -0.05) is 0 Å². The lowest BCUT2D eigenvalue weighted by atomic mass is 9.98. The number of hydrogen-bond donors (Lipinski definition) is 14. The minimum Gasteiger partial charge on any atom is -0.394 e. The number of carbonyl (C=O) groups excluding carboxylic acids is 2. The zero-order valence-electron chi connectivity index (χ0n) is 25.7. The van der Waals surface area contributed by atoms with Gasteiger partial charge in [0.15, 0.2) is 18.9 Å². The first-order valence-electron chi connectivity index (χ1n) is 14.9. The van der Waals surface area contributed by atoms with Crippen LogP contribution in [0, 0.1) is 0 Å². The predicted octanol–water partition coefficient (Wildman–Crippen LogP) is -9.57. The van der Waals surface area contributed by atoms with Crippen molar-refractivity contribution in [2.24, 2.45) is 0 Å². The Hall–Kier alpha value is -1.78. The van der Waals surface area contributed by atoms with Crippen LogP contribution in [0.5, 0.6) is 0 Å². The van der Waals surface area contributed by atoms with Crippen LogP contribution in [0.3, 0.4) is 0 Å². The first kappa shape index (κ1) is 40.6. The molecule has 0 bridgehead atoms. The number of amides is 2. The van der Waals surface area contributed by atoms with E-state index in [0.29, 0.717) is 0 Å². The molecule has 22 nitrogen and oxygen atoms in total. The van der Waals surface area contributed by atoms with Gasteiger partial charge in [-0.25, -0.2) is 0 Å². The highest BCUT2D eigenvalue weighted by molar-refractivity contribution is 5.84. The number of aliphatic hydroxyl groups is 12.